The molecule has 1 aromatic heterocycles. The van der Waals surface area contributed by atoms with Crippen molar-refractivity contribution in [1.29, 1.82) is 0 Å². The van der Waals surface area contributed by atoms with E-state index in [0.29, 0.717) is 32.7 Å². The zero-order chi connectivity index (χ0) is 17.0. The van der Waals surface area contributed by atoms with Gasteiger partial charge in [-0.2, -0.15) is 0 Å². The molecule has 2 aliphatic heterocycles. The number of piperidine rings is 1. The van der Waals surface area contributed by atoms with Crippen molar-refractivity contribution in [3.63, 3.8) is 0 Å². The summed E-state index contributed by atoms with van der Waals surface area (Å²) in [6, 6.07) is 4.09. The van der Waals surface area contributed by atoms with Gasteiger partial charge in [-0.1, -0.05) is 6.07 Å². The highest BCUT2D eigenvalue weighted by Gasteiger charge is 2.49. The summed E-state index contributed by atoms with van der Waals surface area (Å²) in [6.07, 6.45) is 4.07. The van der Waals surface area contributed by atoms with Crippen molar-refractivity contribution in [2.45, 2.75) is 32.1 Å². The van der Waals surface area contributed by atoms with Gasteiger partial charge in [0.05, 0.1) is 12.0 Å². The summed E-state index contributed by atoms with van der Waals surface area (Å²) in [7, 11) is 1.66. The summed E-state index contributed by atoms with van der Waals surface area (Å²) < 4.78 is 5.11. The van der Waals surface area contributed by atoms with E-state index in [0.717, 1.165) is 32.2 Å². The van der Waals surface area contributed by atoms with Crippen LogP contribution in [0.3, 0.4) is 0 Å². The van der Waals surface area contributed by atoms with Gasteiger partial charge in [0.25, 0.3) is 0 Å². The molecule has 24 heavy (non-hydrogen) atoms. The minimum Gasteiger partial charge on any atom is -0.383 e. The fourth-order valence-corrected chi connectivity index (χ4v) is 4.58. The molecule has 2 saturated heterocycles. The summed E-state index contributed by atoms with van der Waals surface area (Å²) in [5.41, 5.74) is -0.343. The first-order valence-electron chi connectivity index (χ1n) is 8.73. The molecule has 3 heterocycles. The summed E-state index contributed by atoms with van der Waals surface area (Å²) >= 11 is 1.69. The maximum absolute atomic E-state index is 12.9. The van der Waals surface area contributed by atoms with Crippen molar-refractivity contribution < 1.29 is 14.3 Å². The Hall–Kier alpha value is -1.40. The predicted octanol–water partition coefficient (Wildman–Crippen LogP) is 2.17. The lowest BCUT2D eigenvalue weighted by molar-refractivity contribution is -0.146. The van der Waals surface area contributed by atoms with Gasteiger partial charge in [-0.3, -0.25) is 9.59 Å². The van der Waals surface area contributed by atoms with Gasteiger partial charge in [0, 0.05) is 44.6 Å². The van der Waals surface area contributed by atoms with Crippen LogP contribution < -0.4 is 0 Å². The number of carbonyl (C=O) groups is 2. The molecule has 1 aromatic rings. The molecule has 0 N–H and O–H groups in total. The standard InChI is InChI=1S/C18H26N2O3S/c1-23-12-11-19-9-3-7-18(17(19)22)8-10-20(14-18)16(21)6-5-15-4-2-13-24-15/h2,4,13H,3,5-12,14H2,1H3/t18-/m0/s1. The van der Waals surface area contributed by atoms with Crippen LogP contribution in [-0.2, 0) is 20.7 Å². The Morgan fingerprint density at radius 1 is 1.38 bits per heavy atom. The van der Waals surface area contributed by atoms with Crippen molar-refractivity contribution in [2.24, 2.45) is 5.41 Å². The highest BCUT2D eigenvalue weighted by atomic mass is 32.1. The van der Waals surface area contributed by atoms with Crippen molar-refractivity contribution in [2.75, 3.05) is 39.9 Å². The third-order valence-corrected chi connectivity index (χ3v) is 6.20. The summed E-state index contributed by atoms with van der Waals surface area (Å²) in [5.74, 6) is 0.404. The van der Waals surface area contributed by atoms with Crippen LogP contribution in [0.15, 0.2) is 17.5 Å². The van der Waals surface area contributed by atoms with Crippen molar-refractivity contribution in [3.8, 4) is 0 Å². The highest BCUT2D eigenvalue weighted by Crippen LogP contribution is 2.40. The first-order valence-corrected chi connectivity index (χ1v) is 9.61. The largest absolute Gasteiger partial charge is 0.383 e. The van der Waals surface area contributed by atoms with E-state index in [9.17, 15) is 9.59 Å². The minimum absolute atomic E-state index is 0.182. The average Bonchev–Trinajstić information content (AvgIpc) is 3.25. The van der Waals surface area contributed by atoms with Gasteiger partial charge in [0.2, 0.25) is 11.8 Å². The number of methoxy groups -OCH3 is 1. The van der Waals surface area contributed by atoms with Crippen LogP contribution >= 0.6 is 11.3 Å². The molecule has 3 rings (SSSR count). The van der Waals surface area contributed by atoms with Crippen LogP contribution in [0.2, 0.25) is 0 Å². The number of nitrogens with zero attached hydrogens (tertiary/aromatic N) is 2. The van der Waals surface area contributed by atoms with Crippen LogP contribution in [0.1, 0.15) is 30.6 Å². The van der Waals surface area contributed by atoms with Crippen LogP contribution in [0.4, 0.5) is 0 Å². The number of hydrogen-bond acceptors (Lipinski definition) is 4. The number of carbonyl (C=O) groups excluding carboxylic acids is 2. The number of amides is 2. The van der Waals surface area contributed by atoms with Crippen molar-refractivity contribution in [1.82, 2.24) is 9.80 Å². The molecule has 0 saturated carbocycles. The first-order chi connectivity index (χ1) is 11.6. The molecule has 1 spiro atoms. The Balaban J connectivity index is 1.56. The molecular weight excluding hydrogens is 324 g/mol. The lowest BCUT2D eigenvalue weighted by Crippen LogP contribution is -2.51. The molecule has 0 aliphatic carbocycles. The molecule has 0 bridgehead atoms. The number of ether oxygens (including phenoxy) is 1. The molecule has 0 aromatic carbocycles. The van der Waals surface area contributed by atoms with E-state index in [-0.39, 0.29) is 17.2 Å². The fraction of sp³-hybridized carbons (Fsp3) is 0.667. The van der Waals surface area contributed by atoms with E-state index < -0.39 is 0 Å². The average molecular weight is 350 g/mol. The van der Waals surface area contributed by atoms with Crippen LogP contribution in [0, 0.1) is 5.41 Å². The van der Waals surface area contributed by atoms with Gasteiger partial charge in [-0.25, -0.2) is 0 Å². The quantitative estimate of drug-likeness (QED) is 0.790. The van der Waals surface area contributed by atoms with Crippen LogP contribution in [0.25, 0.3) is 0 Å². The number of likely N-dealkylation sites (tertiary alicyclic amines) is 2. The van der Waals surface area contributed by atoms with Gasteiger partial charge in [0.15, 0.2) is 0 Å². The second-order valence-electron chi connectivity index (χ2n) is 6.81. The van der Waals surface area contributed by atoms with Gasteiger partial charge < -0.3 is 14.5 Å². The number of thiophene rings is 1. The van der Waals surface area contributed by atoms with Gasteiger partial charge in [-0.05, 0) is 37.1 Å². The van der Waals surface area contributed by atoms with Gasteiger partial charge in [0.1, 0.15) is 0 Å². The van der Waals surface area contributed by atoms with Crippen LogP contribution in [-0.4, -0.2) is 61.5 Å². The second-order valence-corrected chi connectivity index (χ2v) is 7.85. The SMILES string of the molecule is COCCN1CCC[C@@]2(CCN(C(=O)CCc3cccs3)C2)C1=O. The van der Waals surface area contributed by atoms with E-state index in [2.05, 4.69) is 6.07 Å². The highest BCUT2D eigenvalue weighted by molar-refractivity contribution is 7.09. The summed E-state index contributed by atoms with van der Waals surface area (Å²) in [4.78, 5) is 30.5. The number of hydrogen-bond donors (Lipinski definition) is 0. The van der Waals surface area contributed by atoms with Crippen molar-refractivity contribution >= 4 is 23.2 Å². The zero-order valence-corrected chi connectivity index (χ0v) is 15.1. The molecule has 0 radical (unpaired) electrons. The maximum Gasteiger partial charge on any atom is 0.230 e. The molecular formula is C18H26N2O3S. The van der Waals surface area contributed by atoms with E-state index >= 15 is 0 Å². The lowest BCUT2D eigenvalue weighted by atomic mass is 9.78. The zero-order valence-electron chi connectivity index (χ0n) is 14.3. The Morgan fingerprint density at radius 3 is 3.00 bits per heavy atom. The Kier molecular flexibility index (Phi) is 5.56. The molecule has 132 valence electrons. The molecule has 1 atom stereocenters. The van der Waals surface area contributed by atoms with Crippen LogP contribution in [0.5, 0.6) is 0 Å². The van der Waals surface area contributed by atoms with Crippen molar-refractivity contribution in [3.05, 3.63) is 22.4 Å². The lowest BCUT2D eigenvalue weighted by Gasteiger charge is -2.39. The molecule has 2 amide bonds. The Bertz CT molecular complexity index is 575. The molecule has 0 unspecified atom stereocenters. The van der Waals surface area contributed by atoms with Gasteiger partial charge in [-0.15, -0.1) is 11.3 Å². The minimum atomic E-state index is -0.343. The molecule has 2 fully saturated rings. The maximum atomic E-state index is 12.9. The third kappa shape index (κ3) is 3.64. The number of rotatable bonds is 6. The van der Waals surface area contributed by atoms with E-state index in [1.54, 1.807) is 18.4 Å². The smallest absolute Gasteiger partial charge is 0.230 e. The first kappa shape index (κ1) is 17.4. The Morgan fingerprint density at radius 2 is 2.25 bits per heavy atom. The molecule has 2 aliphatic rings. The molecule has 6 heteroatoms. The molecule has 5 nitrogen and oxygen atoms in total. The topological polar surface area (TPSA) is 49.9 Å². The number of aryl methyl sites for hydroxylation is 1. The van der Waals surface area contributed by atoms with Gasteiger partial charge >= 0.3 is 0 Å². The fourth-order valence-electron chi connectivity index (χ4n) is 3.87. The van der Waals surface area contributed by atoms with E-state index in [1.807, 2.05) is 21.2 Å². The van der Waals surface area contributed by atoms with E-state index in [1.165, 1.54) is 4.88 Å². The third-order valence-electron chi connectivity index (χ3n) is 5.26. The van der Waals surface area contributed by atoms with E-state index in [4.69, 9.17) is 4.74 Å². The second kappa shape index (κ2) is 7.66. The summed E-state index contributed by atoms with van der Waals surface area (Å²) in [5, 5.41) is 2.04. The normalized spacial score (nSPS) is 24.1. The summed E-state index contributed by atoms with van der Waals surface area (Å²) in [6.45, 7) is 3.36. The predicted molar refractivity (Wildman–Crippen MR) is 94.0 cm³/mol. The monoisotopic (exact) mass is 350 g/mol. The Labute approximate surface area is 147 Å².